The highest BCUT2D eigenvalue weighted by atomic mass is 35.5. The lowest BCUT2D eigenvalue weighted by atomic mass is 10.3. The van der Waals surface area contributed by atoms with Crippen molar-refractivity contribution in [3.63, 3.8) is 0 Å². The van der Waals surface area contributed by atoms with E-state index in [0.29, 0.717) is 0 Å². The van der Waals surface area contributed by atoms with E-state index in [0.717, 1.165) is 0 Å². The van der Waals surface area contributed by atoms with Crippen LogP contribution in [0.1, 0.15) is 16.1 Å². The summed E-state index contributed by atoms with van der Waals surface area (Å²) in [5.74, 6) is -0.399. The molecule has 90 valence electrons. The number of hydrogen-bond donors (Lipinski definition) is 2. The number of halogens is 2. The molecule has 0 saturated heterocycles. The molecule has 0 aromatic carbocycles. The summed E-state index contributed by atoms with van der Waals surface area (Å²) in [4.78, 5) is 15.7. The van der Waals surface area contributed by atoms with Crippen LogP contribution >= 0.6 is 23.2 Å². The molecule has 2 aromatic heterocycles. The normalized spacial score (nSPS) is 9.83. The number of aromatic amines is 1. The molecule has 2 aromatic rings. The van der Waals surface area contributed by atoms with Gasteiger partial charge >= 0.3 is 0 Å². The second kappa shape index (κ2) is 5.04. The predicted octanol–water partition coefficient (Wildman–Crippen LogP) is 2.24. The van der Waals surface area contributed by atoms with Gasteiger partial charge in [-0.3, -0.25) is 9.89 Å². The molecule has 2 N–H and O–H groups in total. The van der Waals surface area contributed by atoms with Crippen LogP contribution in [0.2, 0.25) is 10.2 Å². The Labute approximate surface area is 112 Å². The van der Waals surface area contributed by atoms with E-state index in [4.69, 9.17) is 28.5 Å². The maximum atomic E-state index is 11.9. The molecule has 18 heavy (non-hydrogen) atoms. The molecule has 0 aliphatic rings. The van der Waals surface area contributed by atoms with Crippen molar-refractivity contribution in [2.24, 2.45) is 0 Å². The molecule has 0 unspecified atom stereocenters. The molecule has 0 atom stereocenters. The lowest BCUT2D eigenvalue weighted by molar-refractivity contribution is 0.102. The van der Waals surface area contributed by atoms with Crippen molar-refractivity contribution in [3.05, 3.63) is 39.8 Å². The number of amides is 1. The number of pyridine rings is 1. The van der Waals surface area contributed by atoms with Crippen molar-refractivity contribution in [2.75, 3.05) is 5.32 Å². The number of nitrogens with zero attached hydrogens (tertiary/aromatic N) is 3. The lowest BCUT2D eigenvalue weighted by Gasteiger charge is -2.04. The van der Waals surface area contributed by atoms with Crippen molar-refractivity contribution in [1.29, 1.82) is 5.26 Å². The van der Waals surface area contributed by atoms with Crippen LogP contribution in [-0.2, 0) is 0 Å². The Balaban J connectivity index is 2.28. The standard InChI is InChI=1S/C10H5Cl2N5O/c11-6-1-2-7(12)15-8(6)10(18)16-9-5(3-13)4-14-17-9/h1-2,4H,(H2,14,16,17,18). The van der Waals surface area contributed by atoms with Crippen LogP contribution < -0.4 is 5.32 Å². The predicted molar refractivity (Wildman–Crippen MR) is 65.5 cm³/mol. The van der Waals surface area contributed by atoms with E-state index in [-0.39, 0.29) is 27.3 Å². The molecule has 8 heteroatoms. The minimum absolute atomic E-state index is 0.0253. The highest BCUT2D eigenvalue weighted by Crippen LogP contribution is 2.18. The van der Waals surface area contributed by atoms with Crippen molar-refractivity contribution in [2.45, 2.75) is 0 Å². The Hall–Kier alpha value is -2.10. The van der Waals surface area contributed by atoms with Gasteiger partial charge < -0.3 is 5.32 Å². The number of carbonyl (C=O) groups is 1. The van der Waals surface area contributed by atoms with Gasteiger partial charge in [0.25, 0.3) is 5.91 Å². The summed E-state index contributed by atoms with van der Waals surface area (Å²) < 4.78 is 0. The summed E-state index contributed by atoms with van der Waals surface area (Å²) in [6, 6.07) is 4.80. The van der Waals surface area contributed by atoms with Gasteiger partial charge in [-0.15, -0.1) is 0 Å². The van der Waals surface area contributed by atoms with Crippen LogP contribution in [-0.4, -0.2) is 21.1 Å². The molecule has 2 heterocycles. The summed E-state index contributed by atoms with van der Waals surface area (Å²) in [6.45, 7) is 0. The summed E-state index contributed by atoms with van der Waals surface area (Å²) in [7, 11) is 0. The lowest BCUT2D eigenvalue weighted by Crippen LogP contribution is -2.15. The zero-order valence-corrected chi connectivity index (χ0v) is 10.2. The van der Waals surface area contributed by atoms with Crippen LogP contribution in [0, 0.1) is 11.3 Å². The van der Waals surface area contributed by atoms with Crippen molar-refractivity contribution in [3.8, 4) is 6.07 Å². The van der Waals surface area contributed by atoms with E-state index in [1.54, 1.807) is 0 Å². The maximum Gasteiger partial charge on any atom is 0.277 e. The largest absolute Gasteiger partial charge is 0.304 e. The molecule has 0 spiro atoms. The SMILES string of the molecule is N#Cc1cn[nH]c1NC(=O)c1nc(Cl)ccc1Cl. The summed E-state index contributed by atoms with van der Waals surface area (Å²) in [6.07, 6.45) is 1.29. The minimum atomic E-state index is -0.580. The van der Waals surface area contributed by atoms with Crippen LogP contribution in [0.3, 0.4) is 0 Å². The molecule has 0 fully saturated rings. The van der Waals surface area contributed by atoms with Crippen LogP contribution in [0.4, 0.5) is 5.82 Å². The first-order valence-corrected chi connectivity index (χ1v) is 5.44. The van der Waals surface area contributed by atoms with Gasteiger partial charge in [0.15, 0.2) is 0 Å². The molecule has 6 nitrogen and oxygen atoms in total. The Bertz CT molecular complexity index is 646. The van der Waals surface area contributed by atoms with Crippen molar-refractivity contribution >= 4 is 34.9 Å². The third-order valence-corrected chi connectivity index (χ3v) is 2.54. The number of anilines is 1. The average molecular weight is 282 g/mol. The summed E-state index contributed by atoms with van der Waals surface area (Å²) in [5.41, 5.74) is 0.184. The molecule has 0 radical (unpaired) electrons. The second-order valence-corrected chi connectivity index (χ2v) is 3.98. The van der Waals surface area contributed by atoms with E-state index in [1.165, 1.54) is 18.3 Å². The van der Waals surface area contributed by atoms with Gasteiger partial charge in [0, 0.05) is 0 Å². The van der Waals surface area contributed by atoms with Gasteiger partial charge in [-0.25, -0.2) is 4.98 Å². The Morgan fingerprint density at radius 2 is 2.22 bits per heavy atom. The Morgan fingerprint density at radius 3 is 2.94 bits per heavy atom. The number of nitriles is 1. The van der Waals surface area contributed by atoms with Crippen LogP contribution in [0.5, 0.6) is 0 Å². The molecule has 0 aliphatic carbocycles. The number of carbonyl (C=O) groups excluding carboxylic acids is 1. The minimum Gasteiger partial charge on any atom is -0.304 e. The molecular weight excluding hydrogens is 277 g/mol. The molecule has 2 rings (SSSR count). The van der Waals surface area contributed by atoms with Gasteiger partial charge in [0.1, 0.15) is 28.3 Å². The number of rotatable bonds is 2. The summed E-state index contributed by atoms with van der Waals surface area (Å²) in [5, 5.41) is 17.6. The van der Waals surface area contributed by atoms with Crippen LogP contribution in [0.25, 0.3) is 0 Å². The zero-order valence-electron chi connectivity index (χ0n) is 8.74. The van der Waals surface area contributed by atoms with E-state index >= 15 is 0 Å². The Morgan fingerprint density at radius 1 is 1.44 bits per heavy atom. The third kappa shape index (κ3) is 2.42. The number of hydrogen-bond acceptors (Lipinski definition) is 4. The summed E-state index contributed by atoms with van der Waals surface area (Å²) >= 11 is 11.5. The van der Waals surface area contributed by atoms with E-state index in [9.17, 15) is 4.79 Å². The maximum absolute atomic E-state index is 11.9. The first kappa shape index (κ1) is 12.4. The number of nitrogens with one attached hydrogen (secondary N) is 2. The second-order valence-electron chi connectivity index (χ2n) is 3.19. The van der Waals surface area contributed by atoms with Crippen molar-refractivity contribution < 1.29 is 4.79 Å². The topological polar surface area (TPSA) is 94.5 Å². The van der Waals surface area contributed by atoms with Gasteiger partial charge in [0.05, 0.1) is 11.2 Å². The van der Waals surface area contributed by atoms with Gasteiger partial charge in [-0.1, -0.05) is 23.2 Å². The molecule has 0 saturated carbocycles. The van der Waals surface area contributed by atoms with E-state index in [1.807, 2.05) is 6.07 Å². The molecule has 0 aliphatic heterocycles. The zero-order chi connectivity index (χ0) is 13.1. The van der Waals surface area contributed by atoms with Gasteiger partial charge in [0.2, 0.25) is 0 Å². The monoisotopic (exact) mass is 281 g/mol. The molecule has 1 amide bonds. The fourth-order valence-corrected chi connectivity index (χ4v) is 1.56. The van der Waals surface area contributed by atoms with Crippen LogP contribution in [0.15, 0.2) is 18.3 Å². The van der Waals surface area contributed by atoms with Gasteiger partial charge in [-0.2, -0.15) is 10.4 Å². The highest BCUT2D eigenvalue weighted by molar-refractivity contribution is 6.35. The van der Waals surface area contributed by atoms with Crippen molar-refractivity contribution in [1.82, 2.24) is 15.2 Å². The first-order valence-electron chi connectivity index (χ1n) is 4.68. The average Bonchev–Trinajstić information content (AvgIpc) is 2.79. The smallest absolute Gasteiger partial charge is 0.277 e. The molecular formula is C10H5Cl2N5O. The third-order valence-electron chi connectivity index (χ3n) is 2.03. The highest BCUT2D eigenvalue weighted by Gasteiger charge is 2.15. The van der Waals surface area contributed by atoms with E-state index in [2.05, 4.69) is 20.5 Å². The first-order chi connectivity index (χ1) is 8.61. The quantitative estimate of drug-likeness (QED) is 0.826. The fraction of sp³-hybridized carbons (Fsp3) is 0. The number of H-pyrrole nitrogens is 1. The fourth-order valence-electron chi connectivity index (χ4n) is 1.22. The number of aromatic nitrogens is 3. The molecule has 0 bridgehead atoms. The Kier molecular flexibility index (Phi) is 3.46. The van der Waals surface area contributed by atoms with E-state index < -0.39 is 5.91 Å². The van der Waals surface area contributed by atoms with Gasteiger partial charge in [-0.05, 0) is 12.1 Å².